The summed E-state index contributed by atoms with van der Waals surface area (Å²) in [6.07, 6.45) is 6.24. The van der Waals surface area contributed by atoms with E-state index in [-0.39, 0.29) is 29.6 Å². The summed E-state index contributed by atoms with van der Waals surface area (Å²) in [5, 5.41) is 19.0. The molecule has 2 aliphatic carbocycles. The number of rotatable bonds is 6. The van der Waals surface area contributed by atoms with Gasteiger partial charge in [-0.2, -0.15) is 10.5 Å². The molecule has 4 heteroatoms. The van der Waals surface area contributed by atoms with Gasteiger partial charge in [0.05, 0.1) is 36.5 Å². The number of carbonyl (C=O) groups is 1. The Morgan fingerprint density at radius 3 is 1.80 bits per heavy atom. The van der Waals surface area contributed by atoms with Crippen LogP contribution in [-0.2, 0) is 9.53 Å². The van der Waals surface area contributed by atoms with Gasteiger partial charge in [-0.15, -0.1) is 0 Å². The number of nitrogens with zero attached hydrogens (tertiary/aromatic N) is 2. The minimum atomic E-state index is -0.555. The lowest BCUT2D eigenvalue weighted by molar-refractivity contribution is -0.153. The molecule has 4 nitrogen and oxygen atoms in total. The van der Waals surface area contributed by atoms with Crippen molar-refractivity contribution in [1.29, 1.82) is 10.5 Å². The molecule has 0 N–H and O–H groups in total. The SMILES string of the molecule is CCOC(=O)C(C(C#N)C1CCC1)C(C#N)C1CCC1. The van der Waals surface area contributed by atoms with Gasteiger partial charge in [0, 0.05) is 0 Å². The molecule has 108 valence electrons. The third kappa shape index (κ3) is 2.80. The van der Waals surface area contributed by atoms with Crippen LogP contribution in [0.1, 0.15) is 45.4 Å². The largest absolute Gasteiger partial charge is 0.466 e. The van der Waals surface area contributed by atoms with Crippen LogP contribution in [-0.4, -0.2) is 12.6 Å². The van der Waals surface area contributed by atoms with Crippen LogP contribution in [0, 0.1) is 52.3 Å². The molecule has 0 spiro atoms. The summed E-state index contributed by atoms with van der Waals surface area (Å²) < 4.78 is 5.17. The number of hydrogen-bond acceptors (Lipinski definition) is 4. The first kappa shape index (κ1) is 14.9. The number of nitriles is 2. The zero-order valence-corrected chi connectivity index (χ0v) is 12.0. The average Bonchev–Trinajstić information content (AvgIpc) is 2.32. The fourth-order valence-electron chi connectivity index (χ4n) is 3.31. The number of esters is 1. The first-order chi connectivity index (χ1) is 9.72. The van der Waals surface area contributed by atoms with E-state index in [1.54, 1.807) is 6.92 Å². The van der Waals surface area contributed by atoms with Crippen molar-refractivity contribution in [3.05, 3.63) is 0 Å². The van der Waals surface area contributed by atoms with Crippen LogP contribution < -0.4 is 0 Å². The van der Waals surface area contributed by atoms with Crippen molar-refractivity contribution in [3.8, 4) is 12.1 Å². The summed E-state index contributed by atoms with van der Waals surface area (Å²) >= 11 is 0. The normalized spacial score (nSPS) is 23.4. The van der Waals surface area contributed by atoms with Crippen molar-refractivity contribution in [2.45, 2.75) is 45.4 Å². The second-order valence-corrected chi connectivity index (χ2v) is 5.97. The predicted octanol–water partition coefficient (Wildman–Crippen LogP) is 3.05. The number of carbonyl (C=O) groups excluding carboxylic acids is 1. The van der Waals surface area contributed by atoms with E-state index in [0.29, 0.717) is 6.61 Å². The van der Waals surface area contributed by atoms with E-state index in [4.69, 9.17) is 4.74 Å². The molecular weight excluding hydrogens is 252 g/mol. The van der Waals surface area contributed by atoms with Crippen molar-refractivity contribution in [1.82, 2.24) is 0 Å². The van der Waals surface area contributed by atoms with Crippen molar-refractivity contribution in [2.24, 2.45) is 29.6 Å². The summed E-state index contributed by atoms with van der Waals surface area (Å²) in [5.74, 6) is -1.07. The highest BCUT2D eigenvalue weighted by Crippen LogP contribution is 2.45. The molecule has 0 aromatic rings. The van der Waals surface area contributed by atoms with Gasteiger partial charge in [0.2, 0.25) is 0 Å². The van der Waals surface area contributed by atoms with Crippen molar-refractivity contribution >= 4 is 5.97 Å². The summed E-state index contributed by atoms with van der Waals surface area (Å²) in [5.41, 5.74) is 0. The average molecular weight is 274 g/mol. The van der Waals surface area contributed by atoms with Gasteiger partial charge in [0.25, 0.3) is 0 Å². The zero-order valence-electron chi connectivity index (χ0n) is 12.0. The highest BCUT2D eigenvalue weighted by atomic mass is 16.5. The topological polar surface area (TPSA) is 73.9 Å². The number of ether oxygens (including phenoxy) is 1. The standard InChI is InChI=1S/C16H22N2O2/c1-2-20-16(19)15(13(9-17)11-5-3-6-11)14(10-18)12-7-4-8-12/h11-15H,2-8H2,1H3. The van der Waals surface area contributed by atoms with Gasteiger partial charge in [-0.1, -0.05) is 12.8 Å². The molecule has 2 rings (SSSR count). The second kappa shape index (κ2) is 6.75. The van der Waals surface area contributed by atoms with Gasteiger partial charge < -0.3 is 4.74 Å². The minimum Gasteiger partial charge on any atom is -0.466 e. The lowest BCUT2D eigenvalue weighted by Gasteiger charge is -2.39. The minimum absolute atomic E-state index is 0.269. The fraction of sp³-hybridized carbons (Fsp3) is 0.812. The second-order valence-electron chi connectivity index (χ2n) is 5.97. The van der Waals surface area contributed by atoms with Gasteiger partial charge in [-0.05, 0) is 44.4 Å². The lowest BCUT2D eigenvalue weighted by atomic mass is 9.63. The van der Waals surface area contributed by atoms with E-state index in [2.05, 4.69) is 12.1 Å². The van der Waals surface area contributed by atoms with Crippen molar-refractivity contribution in [2.75, 3.05) is 6.61 Å². The molecule has 0 saturated heterocycles. The molecule has 0 heterocycles. The molecule has 0 aromatic heterocycles. The van der Waals surface area contributed by atoms with Crippen molar-refractivity contribution in [3.63, 3.8) is 0 Å². The fourth-order valence-corrected chi connectivity index (χ4v) is 3.31. The van der Waals surface area contributed by atoms with Gasteiger partial charge in [-0.25, -0.2) is 0 Å². The third-order valence-electron chi connectivity index (χ3n) is 4.95. The van der Waals surface area contributed by atoms with E-state index in [9.17, 15) is 15.3 Å². The van der Waals surface area contributed by atoms with E-state index in [0.717, 1.165) is 38.5 Å². The van der Waals surface area contributed by atoms with E-state index >= 15 is 0 Å². The van der Waals surface area contributed by atoms with Crippen LogP contribution >= 0.6 is 0 Å². The van der Waals surface area contributed by atoms with Gasteiger partial charge >= 0.3 is 5.97 Å². The maximum Gasteiger partial charge on any atom is 0.311 e. The molecule has 2 atom stereocenters. The molecule has 0 aliphatic heterocycles. The highest BCUT2D eigenvalue weighted by molar-refractivity contribution is 5.74. The van der Waals surface area contributed by atoms with Crippen LogP contribution in [0.3, 0.4) is 0 Å². The maximum absolute atomic E-state index is 12.3. The Balaban J connectivity index is 2.20. The molecule has 2 saturated carbocycles. The van der Waals surface area contributed by atoms with Gasteiger partial charge in [0.1, 0.15) is 0 Å². The van der Waals surface area contributed by atoms with Crippen LogP contribution in [0.15, 0.2) is 0 Å². The Morgan fingerprint density at radius 2 is 1.55 bits per heavy atom. The van der Waals surface area contributed by atoms with Gasteiger partial charge in [0.15, 0.2) is 0 Å². The molecule has 20 heavy (non-hydrogen) atoms. The molecule has 2 unspecified atom stereocenters. The molecule has 0 bridgehead atoms. The van der Waals surface area contributed by atoms with Crippen LogP contribution in [0.4, 0.5) is 0 Å². The lowest BCUT2D eigenvalue weighted by Crippen LogP contribution is -2.41. The van der Waals surface area contributed by atoms with Crippen LogP contribution in [0.2, 0.25) is 0 Å². The summed E-state index contributed by atoms with van der Waals surface area (Å²) in [4.78, 5) is 12.3. The Bertz CT molecular complexity index is 395. The quantitative estimate of drug-likeness (QED) is 0.698. The Hall–Kier alpha value is -1.55. The Kier molecular flexibility index (Phi) is 5.01. The van der Waals surface area contributed by atoms with E-state index in [1.807, 2.05) is 0 Å². The van der Waals surface area contributed by atoms with Crippen LogP contribution in [0.5, 0.6) is 0 Å². The Labute approximate surface area is 120 Å². The summed E-state index contributed by atoms with van der Waals surface area (Å²) in [7, 11) is 0. The molecule has 2 fully saturated rings. The molecular formula is C16H22N2O2. The first-order valence-electron chi connectivity index (χ1n) is 7.68. The van der Waals surface area contributed by atoms with E-state index < -0.39 is 5.92 Å². The smallest absolute Gasteiger partial charge is 0.311 e. The molecule has 0 amide bonds. The van der Waals surface area contributed by atoms with Gasteiger partial charge in [-0.3, -0.25) is 4.79 Å². The summed E-state index contributed by atoms with van der Waals surface area (Å²) in [6, 6.07) is 4.62. The molecule has 0 aromatic carbocycles. The van der Waals surface area contributed by atoms with E-state index in [1.165, 1.54) is 0 Å². The monoisotopic (exact) mass is 274 g/mol. The van der Waals surface area contributed by atoms with Crippen molar-refractivity contribution < 1.29 is 9.53 Å². The number of hydrogen-bond donors (Lipinski definition) is 0. The Morgan fingerprint density at radius 1 is 1.10 bits per heavy atom. The predicted molar refractivity (Wildman–Crippen MR) is 73.0 cm³/mol. The maximum atomic E-state index is 12.3. The highest BCUT2D eigenvalue weighted by Gasteiger charge is 2.46. The molecule has 2 aliphatic rings. The first-order valence-corrected chi connectivity index (χ1v) is 7.68. The zero-order chi connectivity index (χ0) is 14.5. The summed E-state index contributed by atoms with van der Waals surface area (Å²) in [6.45, 7) is 2.07. The van der Waals surface area contributed by atoms with Crippen LogP contribution in [0.25, 0.3) is 0 Å². The molecule has 0 radical (unpaired) electrons. The third-order valence-corrected chi connectivity index (χ3v) is 4.95.